The highest BCUT2D eigenvalue weighted by atomic mass is 19.1. The van der Waals surface area contributed by atoms with Crippen LogP contribution in [0, 0.1) is 11.7 Å². The molecule has 2 unspecified atom stereocenters. The van der Waals surface area contributed by atoms with E-state index in [-0.39, 0.29) is 30.3 Å². The number of hydrogen-bond acceptors (Lipinski definition) is 4. The van der Waals surface area contributed by atoms with E-state index < -0.39 is 0 Å². The van der Waals surface area contributed by atoms with Crippen LogP contribution in [0.2, 0.25) is 0 Å². The number of ether oxygens (including phenoxy) is 1. The molecule has 2 N–H and O–H groups in total. The van der Waals surface area contributed by atoms with Gasteiger partial charge in [-0.25, -0.2) is 4.39 Å². The number of likely N-dealkylation sites (tertiary alicyclic amines) is 1. The topological polar surface area (TPSA) is 70.7 Å². The molecule has 2 amide bonds. The Balaban J connectivity index is 1.37. The fourth-order valence-electron chi connectivity index (χ4n) is 3.68. The van der Waals surface area contributed by atoms with Gasteiger partial charge in [0.15, 0.2) is 0 Å². The second-order valence-corrected chi connectivity index (χ2v) is 7.29. The van der Waals surface area contributed by atoms with Gasteiger partial charge in [-0.05, 0) is 62.4 Å². The lowest BCUT2D eigenvalue weighted by Gasteiger charge is -2.33. The Kier molecular flexibility index (Phi) is 7.04. The molecule has 148 valence electrons. The Morgan fingerprint density at radius 3 is 2.78 bits per heavy atom. The third-order valence-corrected chi connectivity index (χ3v) is 5.21. The van der Waals surface area contributed by atoms with Crippen molar-refractivity contribution in [3.05, 3.63) is 30.1 Å². The summed E-state index contributed by atoms with van der Waals surface area (Å²) in [5.41, 5.74) is 0. The number of carbonyl (C=O) groups is 2. The number of nitrogens with zero attached hydrogens (tertiary/aromatic N) is 1. The average molecular weight is 377 g/mol. The van der Waals surface area contributed by atoms with Gasteiger partial charge in [0.1, 0.15) is 11.6 Å². The Morgan fingerprint density at radius 1 is 1.22 bits per heavy atom. The summed E-state index contributed by atoms with van der Waals surface area (Å²) in [6.45, 7) is 3.23. The van der Waals surface area contributed by atoms with Crippen LogP contribution in [0.25, 0.3) is 0 Å². The van der Waals surface area contributed by atoms with Crippen LogP contribution in [0.3, 0.4) is 0 Å². The number of rotatable bonds is 7. The summed E-state index contributed by atoms with van der Waals surface area (Å²) in [4.78, 5) is 26.4. The van der Waals surface area contributed by atoms with Gasteiger partial charge in [-0.3, -0.25) is 9.59 Å². The molecule has 0 radical (unpaired) electrons. The molecule has 0 aromatic heterocycles. The van der Waals surface area contributed by atoms with Crippen LogP contribution in [-0.2, 0) is 9.59 Å². The van der Waals surface area contributed by atoms with Gasteiger partial charge >= 0.3 is 0 Å². The number of hydrogen-bond donors (Lipinski definition) is 2. The first kappa shape index (κ1) is 19.6. The maximum Gasteiger partial charge on any atom is 0.237 e. The van der Waals surface area contributed by atoms with Crippen molar-refractivity contribution in [3.8, 4) is 5.75 Å². The zero-order valence-electron chi connectivity index (χ0n) is 15.6. The van der Waals surface area contributed by atoms with Crippen molar-refractivity contribution in [3.63, 3.8) is 0 Å². The van der Waals surface area contributed by atoms with Crippen molar-refractivity contribution in [2.45, 2.75) is 38.1 Å². The van der Waals surface area contributed by atoms with Gasteiger partial charge in [0, 0.05) is 19.6 Å². The monoisotopic (exact) mass is 377 g/mol. The largest absolute Gasteiger partial charge is 0.493 e. The van der Waals surface area contributed by atoms with E-state index >= 15 is 0 Å². The number of benzene rings is 1. The summed E-state index contributed by atoms with van der Waals surface area (Å²) >= 11 is 0. The van der Waals surface area contributed by atoms with Crippen molar-refractivity contribution < 1.29 is 18.7 Å². The average Bonchev–Trinajstić information content (AvgIpc) is 3.23. The molecule has 0 saturated carbocycles. The summed E-state index contributed by atoms with van der Waals surface area (Å²) in [6.07, 6.45) is 4.21. The normalized spacial score (nSPS) is 22.5. The lowest BCUT2D eigenvalue weighted by molar-refractivity contribution is -0.133. The fraction of sp³-hybridized carbons (Fsp3) is 0.600. The molecule has 1 aromatic carbocycles. The van der Waals surface area contributed by atoms with Gasteiger partial charge in [-0.1, -0.05) is 0 Å². The molecular weight excluding hydrogens is 349 g/mol. The minimum Gasteiger partial charge on any atom is -0.493 e. The summed E-state index contributed by atoms with van der Waals surface area (Å²) in [7, 11) is 0. The van der Waals surface area contributed by atoms with E-state index in [9.17, 15) is 14.0 Å². The second kappa shape index (κ2) is 9.69. The van der Waals surface area contributed by atoms with E-state index in [1.54, 1.807) is 12.1 Å². The highest BCUT2D eigenvalue weighted by Crippen LogP contribution is 2.17. The number of piperidine rings is 1. The first-order valence-electron chi connectivity index (χ1n) is 9.79. The highest BCUT2D eigenvalue weighted by molar-refractivity contribution is 5.82. The Labute approximate surface area is 159 Å². The van der Waals surface area contributed by atoms with Gasteiger partial charge < -0.3 is 20.3 Å². The van der Waals surface area contributed by atoms with E-state index in [2.05, 4.69) is 10.6 Å². The number of carbonyl (C=O) groups excluding carboxylic acids is 2. The molecule has 6 nitrogen and oxygen atoms in total. The van der Waals surface area contributed by atoms with Crippen molar-refractivity contribution in [2.75, 3.05) is 32.8 Å². The molecule has 2 saturated heterocycles. The minimum absolute atomic E-state index is 0.0602. The Morgan fingerprint density at radius 2 is 2.04 bits per heavy atom. The SMILES string of the molecule is O=C(NCC1CCCN(C(=O)CCOc2ccc(F)cc2)C1)C1CCCN1. The molecule has 0 bridgehead atoms. The number of halogens is 1. The summed E-state index contributed by atoms with van der Waals surface area (Å²) in [5, 5.41) is 6.23. The van der Waals surface area contributed by atoms with Gasteiger partial charge in [-0.2, -0.15) is 0 Å². The van der Waals surface area contributed by atoms with Crippen LogP contribution in [-0.4, -0.2) is 55.5 Å². The van der Waals surface area contributed by atoms with Gasteiger partial charge in [0.05, 0.1) is 19.1 Å². The fourth-order valence-corrected chi connectivity index (χ4v) is 3.68. The molecule has 0 aliphatic carbocycles. The standard InChI is InChI=1S/C20H28FN3O3/c21-16-5-7-17(8-6-16)27-12-9-19(25)24-11-2-3-15(14-24)13-23-20(26)18-4-1-10-22-18/h5-8,15,18,22H,1-4,9-14H2,(H,23,26). The summed E-state index contributed by atoms with van der Waals surface area (Å²) < 4.78 is 18.4. The van der Waals surface area contributed by atoms with E-state index in [1.165, 1.54) is 12.1 Å². The van der Waals surface area contributed by atoms with Crippen molar-refractivity contribution in [2.24, 2.45) is 5.92 Å². The second-order valence-electron chi connectivity index (χ2n) is 7.29. The van der Waals surface area contributed by atoms with Crippen LogP contribution in [0.1, 0.15) is 32.1 Å². The predicted octanol–water partition coefficient (Wildman–Crippen LogP) is 1.70. The molecule has 27 heavy (non-hydrogen) atoms. The van der Waals surface area contributed by atoms with Crippen LogP contribution in [0.15, 0.2) is 24.3 Å². The van der Waals surface area contributed by atoms with Crippen molar-refractivity contribution >= 4 is 11.8 Å². The van der Waals surface area contributed by atoms with Crippen molar-refractivity contribution in [1.82, 2.24) is 15.5 Å². The van der Waals surface area contributed by atoms with Crippen LogP contribution in [0.5, 0.6) is 5.75 Å². The Bertz CT molecular complexity index is 632. The molecule has 1 aromatic rings. The summed E-state index contributed by atoms with van der Waals surface area (Å²) in [5.74, 6) is 0.679. The first-order chi connectivity index (χ1) is 13.1. The lowest BCUT2D eigenvalue weighted by atomic mass is 9.97. The molecule has 2 heterocycles. The molecule has 2 atom stereocenters. The van der Waals surface area contributed by atoms with Crippen molar-refractivity contribution in [1.29, 1.82) is 0 Å². The highest BCUT2D eigenvalue weighted by Gasteiger charge is 2.26. The quantitative estimate of drug-likeness (QED) is 0.759. The van der Waals surface area contributed by atoms with Crippen LogP contribution < -0.4 is 15.4 Å². The summed E-state index contributed by atoms with van der Waals surface area (Å²) in [6, 6.07) is 5.72. The molecule has 2 aliphatic rings. The van der Waals surface area contributed by atoms with Crippen LogP contribution >= 0.6 is 0 Å². The third kappa shape index (κ3) is 5.92. The molecule has 2 fully saturated rings. The Hall–Kier alpha value is -2.15. The van der Waals surface area contributed by atoms with E-state index in [0.29, 0.717) is 31.2 Å². The molecular formula is C20H28FN3O3. The maximum absolute atomic E-state index is 12.9. The zero-order chi connectivity index (χ0) is 19.1. The number of amides is 2. The maximum atomic E-state index is 12.9. The molecule has 7 heteroatoms. The third-order valence-electron chi connectivity index (χ3n) is 5.21. The van der Waals surface area contributed by atoms with Gasteiger partial charge in [-0.15, -0.1) is 0 Å². The van der Waals surface area contributed by atoms with E-state index in [1.807, 2.05) is 4.90 Å². The minimum atomic E-state index is -0.311. The molecule has 0 spiro atoms. The zero-order valence-corrected chi connectivity index (χ0v) is 15.6. The first-order valence-corrected chi connectivity index (χ1v) is 9.79. The number of nitrogens with one attached hydrogen (secondary N) is 2. The molecule has 3 rings (SSSR count). The van der Waals surface area contributed by atoms with Crippen LogP contribution in [0.4, 0.5) is 4.39 Å². The lowest BCUT2D eigenvalue weighted by Crippen LogP contribution is -2.46. The predicted molar refractivity (Wildman–Crippen MR) is 99.9 cm³/mol. The van der Waals surface area contributed by atoms with Gasteiger partial charge in [0.2, 0.25) is 11.8 Å². The van der Waals surface area contributed by atoms with Gasteiger partial charge in [0.25, 0.3) is 0 Å². The smallest absolute Gasteiger partial charge is 0.237 e. The van der Waals surface area contributed by atoms with E-state index in [0.717, 1.165) is 38.8 Å². The van der Waals surface area contributed by atoms with E-state index in [4.69, 9.17) is 4.74 Å². The molecule has 2 aliphatic heterocycles.